The van der Waals surface area contributed by atoms with E-state index in [2.05, 4.69) is 41.5 Å². The molecule has 0 saturated carbocycles. The van der Waals surface area contributed by atoms with Gasteiger partial charge in [-0.1, -0.05) is 30.8 Å². The fourth-order valence-electron chi connectivity index (χ4n) is 3.10. The molecule has 2 aromatic rings. The van der Waals surface area contributed by atoms with E-state index in [-0.39, 0.29) is 17.6 Å². The van der Waals surface area contributed by atoms with Crippen molar-refractivity contribution < 1.29 is 14.7 Å². The summed E-state index contributed by atoms with van der Waals surface area (Å²) in [6.07, 6.45) is 2.46. The van der Waals surface area contributed by atoms with Crippen LogP contribution < -0.4 is 5.32 Å². The molecule has 1 aromatic heterocycles. The van der Waals surface area contributed by atoms with Gasteiger partial charge in [-0.15, -0.1) is 11.3 Å². The molecule has 3 rings (SSSR count). The van der Waals surface area contributed by atoms with Gasteiger partial charge < -0.3 is 15.3 Å². The average molecular weight is 406 g/mol. The van der Waals surface area contributed by atoms with Crippen molar-refractivity contribution >= 4 is 40.7 Å². The van der Waals surface area contributed by atoms with Gasteiger partial charge in [0.1, 0.15) is 0 Å². The van der Waals surface area contributed by atoms with Crippen molar-refractivity contribution in [1.29, 1.82) is 0 Å². The summed E-state index contributed by atoms with van der Waals surface area (Å²) in [6, 6.07) is 8.56. The summed E-state index contributed by atoms with van der Waals surface area (Å²) in [5, 5.41) is 13.9. The lowest BCUT2D eigenvalue weighted by Gasteiger charge is -2.25. The monoisotopic (exact) mass is 405 g/mol. The Labute approximate surface area is 167 Å². The molecule has 0 bridgehead atoms. The third kappa shape index (κ3) is 5.23. The molecule has 1 saturated heterocycles. The lowest BCUT2D eigenvalue weighted by Crippen LogP contribution is -2.39. The topological polar surface area (TPSA) is 82.5 Å². The summed E-state index contributed by atoms with van der Waals surface area (Å²) >= 11 is 2.83. The van der Waals surface area contributed by atoms with Crippen LogP contribution in [0.3, 0.4) is 0 Å². The molecule has 6 nitrogen and oxygen atoms in total. The zero-order valence-electron chi connectivity index (χ0n) is 15.2. The SMILES string of the molecule is CCc1cccc(NC[C@H]2CCC(=O)N2CCSc2nc(C(=O)O)cs2)c1. The maximum absolute atomic E-state index is 12.2. The quantitative estimate of drug-likeness (QED) is 0.620. The number of carbonyl (C=O) groups is 2. The highest BCUT2D eigenvalue weighted by atomic mass is 32.2. The number of likely N-dealkylation sites (tertiary alicyclic amines) is 1. The van der Waals surface area contributed by atoms with Gasteiger partial charge in [0.2, 0.25) is 5.91 Å². The fourth-order valence-corrected chi connectivity index (χ4v) is 4.91. The van der Waals surface area contributed by atoms with E-state index in [0.717, 1.165) is 29.4 Å². The predicted octanol–water partition coefficient (Wildman–Crippen LogP) is 3.60. The largest absolute Gasteiger partial charge is 0.476 e. The number of rotatable bonds is 9. The fraction of sp³-hybridized carbons (Fsp3) is 0.421. The van der Waals surface area contributed by atoms with Crippen molar-refractivity contribution in [3.05, 3.63) is 40.9 Å². The van der Waals surface area contributed by atoms with Crippen molar-refractivity contribution in [3.63, 3.8) is 0 Å². The summed E-state index contributed by atoms with van der Waals surface area (Å²) in [5.74, 6) is -0.110. The van der Waals surface area contributed by atoms with Crippen LogP contribution >= 0.6 is 23.1 Å². The van der Waals surface area contributed by atoms with E-state index >= 15 is 0 Å². The minimum Gasteiger partial charge on any atom is -0.476 e. The highest BCUT2D eigenvalue weighted by Gasteiger charge is 2.30. The normalized spacial score (nSPS) is 16.7. The van der Waals surface area contributed by atoms with Gasteiger partial charge in [-0.2, -0.15) is 0 Å². The molecular weight excluding hydrogens is 382 g/mol. The van der Waals surface area contributed by atoms with E-state index < -0.39 is 5.97 Å². The first kappa shape index (κ1) is 19.7. The van der Waals surface area contributed by atoms with Crippen molar-refractivity contribution in [1.82, 2.24) is 9.88 Å². The Balaban J connectivity index is 1.50. The summed E-state index contributed by atoms with van der Waals surface area (Å²) in [7, 11) is 0. The van der Waals surface area contributed by atoms with E-state index in [1.54, 1.807) is 5.38 Å². The summed E-state index contributed by atoms with van der Waals surface area (Å²) in [5.41, 5.74) is 2.46. The molecule has 8 heteroatoms. The number of hydrogen-bond donors (Lipinski definition) is 2. The van der Waals surface area contributed by atoms with Gasteiger partial charge in [0.15, 0.2) is 10.0 Å². The molecule has 0 spiro atoms. The van der Waals surface area contributed by atoms with Gasteiger partial charge in [0.25, 0.3) is 0 Å². The Bertz CT molecular complexity index is 809. The zero-order valence-corrected chi connectivity index (χ0v) is 16.8. The minimum absolute atomic E-state index is 0.0798. The molecule has 0 unspecified atom stereocenters. The van der Waals surface area contributed by atoms with Crippen LogP contribution in [0, 0.1) is 0 Å². The van der Waals surface area contributed by atoms with Crippen molar-refractivity contribution in [3.8, 4) is 0 Å². The molecule has 1 amide bonds. The summed E-state index contributed by atoms with van der Waals surface area (Å²) in [6.45, 7) is 3.52. The molecule has 0 radical (unpaired) electrons. The third-order valence-corrected chi connectivity index (χ3v) is 6.59. The van der Waals surface area contributed by atoms with Crippen molar-refractivity contribution in [2.24, 2.45) is 0 Å². The van der Waals surface area contributed by atoms with Gasteiger partial charge in [0, 0.05) is 42.4 Å². The van der Waals surface area contributed by atoms with Gasteiger partial charge in [-0.3, -0.25) is 4.79 Å². The van der Waals surface area contributed by atoms with E-state index in [1.807, 2.05) is 4.90 Å². The smallest absolute Gasteiger partial charge is 0.355 e. The molecule has 1 atom stereocenters. The number of anilines is 1. The predicted molar refractivity (Wildman–Crippen MR) is 109 cm³/mol. The highest BCUT2D eigenvalue weighted by Crippen LogP contribution is 2.25. The van der Waals surface area contributed by atoms with E-state index in [1.165, 1.54) is 28.7 Å². The van der Waals surface area contributed by atoms with Crippen LogP contribution in [0.5, 0.6) is 0 Å². The first-order chi connectivity index (χ1) is 13.1. The zero-order chi connectivity index (χ0) is 19.2. The second-order valence-corrected chi connectivity index (χ2v) is 8.57. The average Bonchev–Trinajstić information content (AvgIpc) is 3.28. The van der Waals surface area contributed by atoms with Crippen LogP contribution in [0.2, 0.25) is 0 Å². The number of thioether (sulfide) groups is 1. The molecule has 144 valence electrons. The molecule has 1 aromatic carbocycles. The number of nitrogens with zero attached hydrogens (tertiary/aromatic N) is 2. The molecule has 1 aliphatic heterocycles. The van der Waals surface area contributed by atoms with E-state index in [0.29, 0.717) is 18.7 Å². The number of benzene rings is 1. The van der Waals surface area contributed by atoms with Crippen LogP contribution in [0.25, 0.3) is 0 Å². The standard InChI is InChI=1S/C19H23N3O3S2/c1-2-13-4-3-5-14(10-13)20-11-15-6-7-17(23)22(15)8-9-26-19-21-16(12-27-19)18(24)25/h3-5,10,12,15,20H,2,6-9,11H2,1H3,(H,24,25)/t15-/m1/s1. The number of amides is 1. The number of hydrogen-bond acceptors (Lipinski definition) is 6. The maximum Gasteiger partial charge on any atom is 0.355 e. The minimum atomic E-state index is -1.01. The number of aromatic nitrogens is 1. The Morgan fingerprint density at radius 3 is 3.07 bits per heavy atom. The lowest BCUT2D eigenvalue weighted by molar-refractivity contribution is -0.128. The highest BCUT2D eigenvalue weighted by molar-refractivity contribution is 8.01. The molecule has 27 heavy (non-hydrogen) atoms. The molecule has 2 heterocycles. The number of aryl methyl sites for hydroxylation is 1. The van der Waals surface area contributed by atoms with Gasteiger partial charge in [0.05, 0.1) is 0 Å². The van der Waals surface area contributed by atoms with Crippen LogP contribution in [0.1, 0.15) is 35.8 Å². The molecule has 1 fully saturated rings. The maximum atomic E-state index is 12.2. The second kappa shape index (κ2) is 9.23. The Morgan fingerprint density at radius 2 is 2.33 bits per heavy atom. The first-order valence-electron chi connectivity index (χ1n) is 9.00. The number of carbonyl (C=O) groups excluding carboxylic acids is 1. The van der Waals surface area contributed by atoms with Gasteiger partial charge >= 0.3 is 5.97 Å². The number of carboxylic acid groups (broad SMARTS) is 1. The summed E-state index contributed by atoms with van der Waals surface area (Å²) < 4.78 is 0.727. The molecule has 0 aliphatic carbocycles. The van der Waals surface area contributed by atoms with Crippen LogP contribution in [-0.2, 0) is 11.2 Å². The van der Waals surface area contributed by atoms with Gasteiger partial charge in [-0.05, 0) is 30.5 Å². The number of carboxylic acids is 1. The van der Waals surface area contributed by atoms with Crippen molar-refractivity contribution in [2.75, 3.05) is 24.2 Å². The number of nitrogens with one attached hydrogen (secondary N) is 1. The van der Waals surface area contributed by atoms with Gasteiger partial charge in [-0.25, -0.2) is 9.78 Å². The molecule has 1 aliphatic rings. The van der Waals surface area contributed by atoms with E-state index in [9.17, 15) is 9.59 Å². The number of aromatic carboxylic acids is 1. The Kier molecular flexibility index (Phi) is 6.73. The molecular formula is C19H23N3O3S2. The number of thiazole rings is 1. The second-order valence-electron chi connectivity index (χ2n) is 6.37. The first-order valence-corrected chi connectivity index (χ1v) is 10.9. The van der Waals surface area contributed by atoms with Crippen LogP contribution in [-0.4, -0.2) is 51.8 Å². The van der Waals surface area contributed by atoms with Crippen LogP contribution in [0.4, 0.5) is 5.69 Å². The Hall–Kier alpha value is -2.06. The third-order valence-electron chi connectivity index (χ3n) is 4.59. The lowest BCUT2D eigenvalue weighted by atomic mass is 10.1. The van der Waals surface area contributed by atoms with Crippen molar-refractivity contribution in [2.45, 2.75) is 36.6 Å². The van der Waals surface area contributed by atoms with Crippen LogP contribution in [0.15, 0.2) is 34.0 Å². The molecule has 2 N–H and O–H groups in total. The summed E-state index contributed by atoms with van der Waals surface area (Å²) in [4.78, 5) is 29.1. The van der Waals surface area contributed by atoms with E-state index in [4.69, 9.17) is 5.11 Å². The Morgan fingerprint density at radius 1 is 1.48 bits per heavy atom.